The van der Waals surface area contributed by atoms with Crippen LogP contribution in [0.4, 0.5) is 0 Å². The van der Waals surface area contributed by atoms with Crippen molar-refractivity contribution in [3.63, 3.8) is 0 Å². The molecule has 0 aliphatic carbocycles. The molecule has 3 aromatic rings. The molecule has 0 fully saturated rings. The Morgan fingerprint density at radius 2 is 1.95 bits per heavy atom. The molecular formula is C18H17NO2. The third-order valence-electron chi connectivity index (χ3n) is 4.15. The van der Waals surface area contributed by atoms with Crippen molar-refractivity contribution in [3.05, 3.63) is 41.5 Å². The molecule has 1 N–H and O–H groups in total. The summed E-state index contributed by atoms with van der Waals surface area (Å²) in [6, 6.07) is 10.2. The number of aryl methyl sites for hydroxylation is 1. The largest absolute Gasteiger partial charge is 0.484 e. The lowest BCUT2D eigenvalue weighted by Gasteiger charge is -2.31. The summed E-state index contributed by atoms with van der Waals surface area (Å²) in [5.74, 6) is 0.848. The van der Waals surface area contributed by atoms with Crippen molar-refractivity contribution >= 4 is 27.6 Å². The van der Waals surface area contributed by atoms with E-state index < -0.39 is 5.60 Å². The minimum absolute atomic E-state index is 0.151. The molecule has 3 heteroatoms. The van der Waals surface area contributed by atoms with Gasteiger partial charge in [-0.05, 0) is 39.0 Å². The van der Waals surface area contributed by atoms with Gasteiger partial charge in [-0.1, -0.05) is 17.7 Å². The Balaban J connectivity index is 2.10. The number of carbonyl (C=O) groups is 1. The number of ketones is 1. The highest BCUT2D eigenvalue weighted by molar-refractivity contribution is 6.13. The fourth-order valence-corrected chi connectivity index (χ4v) is 3.18. The van der Waals surface area contributed by atoms with Gasteiger partial charge in [-0.3, -0.25) is 4.79 Å². The fraction of sp³-hybridized carbons (Fsp3) is 0.278. The molecule has 1 aliphatic rings. The number of ether oxygens (including phenoxy) is 1. The quantitative estimate of drug-likeness (QED) is 0.663. The van der Waals surface area contributed by atoms with Crippen LogP contribution in [0.25, 0.3) is 21.8 Å². The molecule has 21 heavy (non-hydrogen) atoms. The van der Waals surface area contributed by atoms with E-state index in [4.69, 9.17) is 4.74 Å². The molecule has 0 amide bonds. The summed E-state index contributed by atoms with van der Waals surface area (Å²) in [5, 5.41) is 2.28. The Kier molecular flexibility index (Phi) is 2.30. The molecule has 0 atom stereocenters. The number of fused-ring (bicyclic) bond motifs is 5. The lowest BCUT2D eigenvalue weighted by atomic mass is 9.92. The highest BCUT2D eigenvalue weighted by Crippen LogP contribution is 2.40. The summed E-state index contributed by atoms with van der Waals surface area (Å²) >= 11 is 0. The Hall–Kier alpha value is -2.29. The van der Waals surface area contributed by atoms with Crippen LogP contribution in [0.1, 0.15) is 36.2 Å². The second kappa shape index (κ2) is 3.88. The number of hydrogen-bond donors (Lipinski definition) is 1. The average molecular weight is 279 g/mol. The van der Waals surface area contributed by atoms with Crippen LogP contribution >= 0.6 is 0 Å². The maximum Gasteiger partial charge on any atom is 0.170 e. The van der Waals surface area contributed by atoms with Crippen LogP contribution < -0.4 is 4.74 Å². The van der Waals surface area contributed by atoms with Gasteiger partial charge < -0.3 is 9.72 Å². The van der Waals surface area contributed by atoms with Crippen molar-refractivity contribution < 1.29 is 9.53 Å². The SMILES string of the molecule is Cc1ccc2[nH]c3c4c(ccc3c2c1)C(=O)CC(C)(C)O4. The van der Waals surface area contributed by atoms with Gasteiger partial charge in [0.1, 0.15) is 5.60 Å². The van der Waals surface area contributed by atoms with Crippen molar-refractivity contribution in [3.8, 4) is 5.75 Å². The van der Waals surface area contributed by atoms with E-state index in [-0.39, 0.29) is 5.78 Å². The minimum Gasteiger partial charge on any atom is -0.484 e. The first kappa shape index (κ1) is 12.5. The summed E-state index contributed by atoms with van der Waals surface area (Å²) in [5.41, 5.74) is 3.45. The van der Waals surface area contributed by atoms with Crippen LogP contribution in [-0.4, -0.2) is 16.4 Å². The molecule has 1 aromatic heterocycles. The third-order valence-corrected chi connectivity index (χ3v) is 4.15. The lowest BCUT2D eigenvalue weighted by molar-refractivity contribution is 0.0628. The van der Waals surface area contributed by atoms with Gasteiger partial charge in [-0.15, -0.1) is 0 Å². The molecule has 0 unspecified atom stereocenters. The normalized spacial score (nSPS) is 17.0. The van der Waals surface area contributed by atoms with Gasteiger partial charge in [-0.25, -0.2) is 0 Å². The fourth-order valence-electron chi connectivity index (χ4n) is 3.18. The Labute approximate surface area is 122 Å². The van der Waals surface area contributed by atoms with Gasteiger partial charge in [0.05, 0.1) is 17.5 Å². The zero-order chi connectivity index (χ0) is 14.8. The highest BCUT2D eigenvalue weighted by Gasteiger charge is 2.34. The topological polar surface area (TPSA) is 42.1 Å². The number of nitrogens with one attached hydrogen (secondary N) is 1. The lowest BCUT2D eigenvalue weighted by Crippen LogP contribution is -2.35. The minimum atomic E-state index is -0.453. The van der Waals surface area contributed by atoms with Crippen molar-refractivity contribution in [2.75, 3.05) is 0 Å². The van der Waals surface area contributed by atoms with Gasteiger partial charge in [0.25, 0.3) is 0 Å². The summed E-state index contributed by atoms with van der Waals surface area (Å²) in [7, 11) is 0. The molecule has 1 aliphatic heterocycles. The Morgan fingerprint density at radius 1 is 1.14 bits per heavy atom. The standard InChI is InChI=1S/C18H17NO2/c1-10-4-7-14-13(8-10)11-5-6-12-15(20)9-18(2,3)21-17(12)16(11)19-14/h4-8,19H,9H2,1-3H3. The maximum absolute atomic E-state index is 12.3. The van der Waals surface area contributed by atoms with Gasteiger partial charge in [0.15, 0.2) is 11.5 Å². The zero-order valence-corrected chi connectivity index (χ0v) is 12.4. The van der Waals surface area contributed by atoms with Crippen LogP contribution in [0, 0.1) is 6.92 Å². The Morgan fingerprint density at radius 3 is 2.76 bits per heavy atom. The third kappa shape index (κ3) is 1.77. The number of aromatic amines is 1. The molecule has 0 spiro atoms. The molecule has 0 saturated heterocycles. The monoisotopic (exact) mass is 279 g/mol. The van der Waals surface area contributed by atoms with Crippen LogP contribution in [0.2, 0.25) is 0 Å². The Bertz CT molecular complexity index is 902. The first-order valence-electron chi connectivity index (χ1n) is 7.22. The molecule has 0 radical (unpaired) electrons. The van der Waals surface area contributed by atoms with E-state index in [9.17, 15) is 4.79 Å². The van der Waals surface area contributed by atoms with Crippen LogP contribution in [-0.2, 0) is 0 Å². The number of aromatic nitrogens is 1. The predicted molar refractivity (Wildman–Crippen MR) is 84.2 cm³/mol. The summed E-state index contributed by atoms with van der Waals surface area (Å²) in [6.07, 6.45) is 0.421. The zero-order valence-electron chi connectivity index (χ0n) is 12.4. The number of hydrogen-bond acceptors (Lipinski definition) is 2. The van der Waals surface area contributed by atoms with E-state index in [1.165, 1.54) is 10.9 Å². The summed E-state index contributed by atoms with van der Waals surface area (Å²) < 4.78 is 6.11. The van der Waals surface area contributed by atoms with Crippen molar-refractivity contribution in [1.82, 2.24) is 4.98 Å². The van der Waals surface area contributed by atoms with E-state index in [0.29, 0.717) is 17.7 Å². The van der Waals surface area contributed by atoms with E-state index >= 15 is 0 Å². The number of carbonyl (C=O) groups excluding carboxylic acids is 1. The van der Waals surface area contributed by atoms with E-state index in [2.05, 4.69) is 30.1 Å². The maximum atomic E-state index is 12.3. The highest BCUT2D eigenvalue weighted by atomic mass is 16.5. The second-order valence-electron chi connectivity index (χ2n) is 6.50. The van der Waals surface area contributed by atoms with Crippen molar-refractivity contribution in [2.24, 2.45) is 0 Å². The van der Waals surface area contributed by atoms with E-state index in [0.717, 1.165) is 16.4 Å². The van der Waals surface area contributed by atoms with Crippen LogP contribution in [0.3, 0.4) is 0 Å². The first-order valence-corrected chi connectivity index (χ1v) is 7.22. The average Bonchev–Trinajstić information content (AvgIpc) is 2.76. The number of rotatable bonds is 0. The molecule has 0 saturated carbocycles. The number of benzene rings is 2. The van der Waals surface area contributed by atoms with Gasteiger partial charge in [-0.2, -0.15) is 0 Å². The molecule has 2 heterocycles. The first-order chi connectivity index (χ1) is 9.94. The van der Waals surface area contributed by atoms with Crippen LogP contribution in [0.15, 0.2) is 30.3 Å². The van der Waals surface area contributed by atoms with Crippen molar-refractivity contribution in [1.29, 1.82) is 0 Å². The van der Waals surface area contributed by atoms with Gasteiger partial charge in [0.2, 0.25) is 0 Å². The molecule has 106 valence electrons. The van der Waals surface area contributed by atoms with Gasteiger partial charge in [0, 0.05) is 16.3 Å². The van der Waals surface area contributed by atoms with E-state index in [1.807, 2.05) is 26.0 Å². The van der Waals surface area contributed by atoms with Crippen molar-refractivity contribution in [2.45, 2.75) is 32.8 Å². The number of H-pyrrole nitrogens is 1. The molecule has 4 rings (SSSR count). The molecular weight excluding hydrogens is 262 g/mol. The molecule has 0 bridgehead atoms. The summed E-state index contributed by atoms with van der Waals surface area (Å²) in [6.45, 7) is 6.00. The van der Waals surface area contributed by atoms with Gasteiger partial charge >= 0.3 is 0 Å². The molecule has 2 aromatic carbocycles. The second-order valence-corrected chi connectivity index (χ2v) is 6.50. The van der Waals surface area contributed by atoms with E-state index in [1.54, 1.807) is 0 Å². The predicted octanol–water partition coefficient (Wildman–Crippen LogP) is 4.37. The van der Waals surface area contributed by atoms with Crippen LogP contribution in [0.5, 0.6) is 5.75 Å². The molecule has 3 nitrogen and oxygen atoms in total. The summed E-state index contributed by atoms with van der Waals surface area (Å²) in [4.78, 5) is 15.7. The smallest absolute Gasteiger partial charge is 0.170 e. The number of Topliss-reactive ketones (excluding diaryl/α,β-unsaturated/α-hetero) is 1.